The molecule has 12 heterocycles. The SMILES string of the molecule is CC(C)(C)c1cnccc1N1CC(N)CC(C(F)(F)F)C1.CC(C)(C)c1cnccc1N1C[C@@H](N)C[C@@H](C(F)(F)F)C1.CC(C)(C)c1cnccc1N1C[C@H](N)C[C@H](C(F)(F)F)C1.CC1CN(c2ccncc2C(C)(C)C)CC(N)C1O.C[C@@H]1CN(c2ccncc2C(C)(C)C)C[C@H](N)[C@H]1O.C[C@H]1CN(c2ccncc2C(C)(C)C)C[C@@H](N)[C@@H]1O. The first kappa shape index (κ1) is 99.8. The van der Waals surface area contributed by atoms with Crippen LogP contribution in [0.5, 0.6) is 0 Å². The van der Waals surface area contributed by atoms with Gasteiger partial charge in [-0.15, -0.1) is 0 Å². The third-order valence-corrected chi connectivity index (χ3v) is 23.4. The van der Waals surface area contributed by atoms with Gasteiger partial charge in [-0.2, -0.15) is 39.5 Å². The van der Waals surface area contributed by atoms with Crippen LogP contribution in [-0.2, 0) is 32.5 Å². The maximum atomic E-state index is 13.0. The van der Waals surface area contributed by atoms with Crippen molar-refractivity contribution >= 4 is 34.1 Å². The van der Waals surface area contributed by atoms with Crippen LogP contribution in [0.4, 0.5) is 73.6 Å². The fourth-order valence-corrected chi connectivity index (χ4v) is 16.7. The number of hydrogen-bond donors (Lipinski definition) is 9. The molecule has 6 saturated heterocycles. The molecular weight excluding hydrogens is 1550 g/mol. The summed E-state index contributed by atoms with van der Waals surface area (Å²) in [5.74, 6) is -3.56. The molecule has 15 atom stereocenters. The fourth-order valence-electron chi connectivity index (χ4n) is 16.7. The largest absolute Gasteiger partial charge is 0.393 e. The number of nitrogens with zero attached hydrogens (tertiary/aromatic N) is 12. The second kappa shape index (κ2) is 40.1. The molecule has 0 aliphatic carbocycles. The zero-order valence-corrected chi connectivity index (χ0v) is 74.7. The number of halogens is 9. The van der Waals surface area contributed by atoms with Crippen LogP contribution in [-0.4, -0.2) is 197 Å². The third-order valence-electron chi connectivity index (χ3n) is 23.4. The minimum Gasteiger partial charge on any atom is -0.391 e. The van der Waals surface area contributed by atoms with Gasteiger partial charge in [0.1, 0.15) is 0 Å². The molecule has 6 aliphatic heterocycles. The first-order valence-corrected chi connectivity index (χ1v) is 42.1. The summed E-state index contributed by atoms with van der Waals surface area (Å²) in [5.41, 5.74) is 47.8. The smallest absolute Gasteiger partial charge is 0.391 e. The van der Waals surface area contributed by atoms with Crippen molar-refractivity contribution in [2.45, 2.75) is 270 Å². The number of piperidine rings is 6. The van der Waals surface area contributed by atoms with E-state index in [0.717, 1.165) is 53.4 Å². The Morgan fingerprint density at radius 3 is 0.567 bits per heavy atom. The van der Waals surface area contributed by atoms with E-state index in [4.69, 9.17) is 34.4 Å². The van der Waals surface area contributed by atoms with Crippen molar-refractivity contribution in [1.29, 1.82) is 0 Å². The lowest BCUT2D eigenvalue weighted by atomic mass is 9.85. The molecule has 30 heteroatoms. The monoisotopic (exact) mass is 1690 g/mol. The van der Waals surface area contributed by atoms with E-state index in [1.807, 2.05) is 99.5 Å². The Morgan fingerprint density at radius 2 is 0.425 bits per heavy atom. The van der Waals surface area contributed by atoms with Gasteiger partial charge in [0.2, 0.25) is 0 Å². The minimum absolute atomic E-state index is 0.00403. The van der Waals surface area contributed by atoms with Crippen molar-refractivity contribution < 1.29 is 54.8 Å². The van der Waals surface area contributed by atoms with Crippen LogP contribution in [0.2, 0.25) is 0 Å². The van der Waals surface area contributed by atoms with Crippen molar-refractivity contribution in [1.82, 2.24) is 29.9 Å². The molecule has 5 unspecified atom stereocenters. The highest BCUT2D eigenvalue weighted by atomic mass is 19.4. The van der Waals surface area contributed by atoms with Gasteiger partial charge in [0.15, 0.2) is 0 Å². The summed E-state index contributed by atoms with van der Waals surface area (Å²) in [7, 11) is 0. The number of alkyl halides is 9. The zero-order chi connectivity index (χ0) is 90.1. The maximum absolute atomic E-state index is 13.0. The molecular formula is C90H141F9N18O3. The van der Waals surface area contributed by atoms with E-state index in [9.17, 15) is 54.8 Å². The van der Waals surface area contributed by atoms with Crippen LogP contribution in [0.25, 0.3) is 0 Å². The van der Waals surface area contributed by atoms with Crippen LogP contribution in [0.1, 0.15) is 198 Å². The molecule has 0 aromatic carbocycles. The van der Waals surface area contributed by atoms with E-state index in [-0.39, 0.29) is 107 Å². The lowest BCUT2D eigenvalue weighted by Gasteiger charge is -2.41. The van der Waals surface area contributed by atoms with Crippen LogP contribution in [0.15, 0.2) is 111 Å². The number of aliphatic hydroxyl groups excluding tert-OH is 3. The molecule has 12 rings (SSSR count). The van der Waals surface area contributed by atoms with Crippen LogP contribution >= 0.6 is 0 Å². The van der Waals surface area contributed by atoms with E-state index in [2.05, 4.69) is 146 Å². The zero-order valence-electron chi connectivity index (χ0n) is 74.7. The molecule has 0 saturated carbocycles. The molecule has 6 aliphatic rings. The molecule has 0 amide bonds. The number of aromatic nitrogens is 6. The standard InChI is InChI=1S/3C15H22F3N3.3C15H25N3O/c3*1-14(2,3)12-7-20-5-4-13(12)21-8-10(15(16,17)18)6-11(19)9-21;3*1-10-8-18(9-12(16)14(10)19)13-5-6-17-7-11(13)15(2,3)4/h3*4-5,7,10-11H,6,8-9,19H2,1-3H3;3*5-7,10,12,14,19H,8-9,16H2,1-4H3/t2*10-,11+;;2*10-,12+,14+;/m10.10./s1. The predicted molar refractivity (Wildman–Crippen MR) is 467 cm³/mol. The highest BCUT2D eigenvalue weighted by molar-refractivity contribution is 5.61. The van der Waals surface area contributed by atoms with Gasteiger partial charge in [0.25, 0.3) is 0 Å². The topological polar surface area (TPSA) is 314 Å². The van der Waals surface area contributed by atoms with Gasteiger partial charge in [-0.25, -0.2) is 0 Å². The highest BCUT2D eigenvalue weighted by Crippen LogP contribution is 2.44. The normalized spacial score (nSPS) is 26.3. The molecule has 0 radical (unpaired) electrons. The van der Waals surface area contributed by atoms with Crippen molar-refractivity contribution in [2.24, 2.45) is 69.9 Å². The van der Waals surface area contributed by atoms with E-state index >= 15 is 0 Å². The highest BCUT2D eigenvalue weighted by Gasteiger charge is 2.48. The number of nitrogens with two attached hydrogens (primary N) is 6. The van der Waals surface area contributed by atoms with Gasteiger partial charge >= 0.3 is 18.5 Å². The van der Waals surface area contributed by atoms with Gasteiger partial charge in [0, 0.05) is 241 Å². The Hall–Kier alpha value is -7.29. The molecule has 6 aromatic rings. The minimum atomic E-state index is -4.20. The van der Waals surface area contributed by atoms with Crippen molar-refractivity contribution in [3.8, 4) is 0 Å². The van der Waals surface area contributed by atoms with Gasteiger partial charge < -0.3 is 79.1 Å². The summed E-state index contributed by atoms with van der Waals surface area (Å²) in [6, 6.07) is 9.54. The number of rotatable bonds is 6. The number of anilines is 6. The van der Waals surface area contributed by atoms with Crippen molar-refractivity contribution in [3.05, 3.63) is 144 Å². The number of pyridine rings is 6. The quantitative estimate of drug-likeness (QED) is 0.0700. The molecule has 6 fully saturated rings. The van der Waals surface area contributed by atoms with Gasteiger partial charge in [-0.1, -0.05) is 145 Å². The van der Waals surface area contributed by atoms with E-state index in [0.29, 0.717) is 39.3 Å². The Labute approximate surface area is 707 Å². The molecule has 21 nitrogen and oxygen atoms in total. The average molecular weight is 1690 g/mol. The molecule has 6 aromatic heterocycles. The molecule has 15 N–H and O–H groups in total. The summed E-state index contributed by atoms with van der Waals surface area (Å²) in [6.45, 7) is 49.9. The van der Waals surface area contributed by atoms with Gasteiger partial charge in [-0.05, 0) is 122 Å². The Bertz CT molecular complexity index is 3720. The molecule has 120 heavy (non-hydrogen) atoms. The summed E-state index contributed by atoms with van der Waals surface area (Å²) >= 11 is 0. The Morgan fingerprint density at radius 1 is 0.267 bits per heavy atom. The van der Waals surface area contributed by atoms with Crippen LogP contribution < -0.4 is 63.8 Å². The number of hydrogen-bond acceptors (Lipinski definition) is 21. The first-order valence-electron chi connectivity index (χ1n) is 42.1. The first-order chi connectivity index (χ1) is 55.2. The summed E-state index contributed by atoms with van der Waals surface area (Å²) in [4.78, 5) is 37.2. The Kier molecular flexibility index (Phi) is 33.4. The van der Waals surface area contributed by atoms with Gasteiger partial charge in [0.05, 0.1) is 36.1 Å². The second-order valence-corrected chi connectivity index (χ2v) is 40.4. The molecule has 672 valence electrons. The van der Waals surface area contributed by atoms with E-state index in [1.165, 1.54) is 33.8 Å². The van der Waals surface area contributed by atoms with Gasteiger partial charge in [-0.3, -0.25) is 29.9 Å². The summed E-state index contributed by atoms with van der Waals surface area (Å²) in [6.07, 6.45) is 7.52. The third kappa shape index (κ3) is 27.4. The second-order valence-electron chi connectivity index (χ2n) is 40.4. The molecule has 0 bridgehead atoms. The maximum Gasteiger partial charge on any atom is 0.393 e. The lowest BCUT2D eigenvalue weighted by molar-refractivity contribution is -0.177. The van der Waals surface area contributed by atoms with Crippen LogP contribution in [0, 0.1) is 35.5 Å². The summed E-state index contributed by atoms with van der Waals surface area (Å²) < 4.78 is 117. The lowest BCUT2D eigenvalue weighted by Crippen LogP contribution is -2.56. The van der Waals surface area contributed by atoms with Crippen molar-refractivity contribution in [3.63, 3.8) is 0 Å². The van der Waals surface area contributed by atoms with E-state index < -0.39 is 72.7 Å². The number of aliphatic hydroxyl groups is 3. The fraction of sp³-hybridized carbons (Fsp3) is 0.667. The van der Waals surface area contributed by atoms with E-state index in [1.54, 1.807) is 70.1 Å². The predicted octanol–water partition coefficient (Wildman–Crippen LogP) is 13.9. The molecule has 0 spiro atoms. The average Bonchev–Trinajstić information content (AvgIpc) is 0.822. The van der Waals surface area contributed by atoms with Crippen molar-refractivity contribution in [2.75, 3.05) is 108 Å². The van der Waals surface area contributed by atoms with Crippen LogP contribution in [0.3, 0.4) is 0 Å². The Balaban J connectivity index is 0.000000199. The summed E-state index contributed by atoms with van der Waals surface area (Å²) in [5, 5.41) is 29.9.